The highest BCUT2D eigenvalue weighted by atomic mass is 19.1. The number of pyridine rings is 1. The van der Waals surface area contributed by atoms with Gasteiger partial charge in [0.1, 0.15) is 24.1 Å². The fraction of sp³-hybridized carbons (Fsp3) is 0.382. The van der Waals surface area contributed by atoms with Gasteiger partial charge in [0, 0.05) is 37.5 Å². The molecule has 6 rings (SSSR count). The van der Waals surface area contributed by atoms with Crippen LogP contribution in [0.5, 0.6) is 11.6 Å². The zero-order chi connectivity index (χ0) is 32.3. The lowest BCUT2D eigenvalue weighted by Crippen LogP contribution is -2.38. The van der Waals surface area contributed by atoms with Crippen molar-refractivity contribution in [1.29, 1.82) is 10.5 Å². The number of likely N-dealkylation sites (tertiary alicyclic amines) is 1. The molecule has 0 spiro atoms. The minimum atomic E-state index is -0.622. The second kappa shape index (κ2) is 13.1. The van der Waals surface area contributed by atoms with Gasteiger partial charge in [-0.2, -0.15) is 10.5 Å². The van der Waals surface area contributed by atoms with Gasteiger partial charge in [-0.3, -0.25) is 4.90 Å². The van der Waals surface area contributed by atoms with Gasteiger partial charge in [-0.05, 0) is 62.1 Å². The molecule has 3 heterocycles. The maximum Gasteiger partial charge on any atom is 0.338 e. The summed E-state index contributed by atoms with van der Waals surface area (Å²) in [6.45, 7) is 2.48. The van der Waals surface area contributed by atoms with Gasteiger partial charge in [-0.25, -0.2) is 23.5 Å². The Morgan fingerprint density at radius 3 is 2.57 bits per heavy atom. The molecule has 10 nitrogen and oxygen atoms in total. The topological polar surface area (TPSA) is 126 Å². The van der Waals surface area contributed by atoms with Crippen molar-refractivity contribution in [2.45, 2.75) is 57.9 Å². The van der Waals surface area contributed by atoms with E-state index in [-0.39, 0.29) is 40.5 Å². The average Bonchev–Trinajstić information content (AvgIpc) is 3.74. The summed E-state index contributed by atoms with van der Waals surface area (Å²) in [7, 11) is 1.26. The van der Waals surface area contributed by atoms with E-state index < -0.39 is 17.6 Å². The Hall–Kier alpha value is -5.07. The van der Waals surface area contributed by atoms with E-state index in [1.165, 1.54) is 19.2 Å². The Labute approximate surface area is 264 Å². The van der Waals surface area contributed by atoms with Crippen molar-refractivity contribution >= 4 is 17.0 Å². The van der Waals surface area contributed by atoms with Crippen molar-refractivity contribution in [3.05, 3.63) is 82.8 Å². The summed E-state index contributed by atoms with van der Waals surface area (Å²) in [5.74, 6) is -0.644. The van der Waals surface area contributed by atoms with Crippen LogP contribution >= 0.6 is 0 Å². The molecule has 2 fully saturated rings. The number of esters is 1. The number of fused-ring (bicyclic) bond motifs is 1. The number of carbonyl (C=O) groups is 1. The predicted molar refractivity (Wildman–Crippen MR) is 162 cm³/mol. The molecule has 0 bridgehead atoms. The Balaban J connectivity index is 1.10. The number of imidazole rings is 1. The molecule has 0 atom stereocenters. The van der Waals surface area contributed by atoms with Gasteiger partial charge in [0.05, 0.1) is 48.1 Å². The third-order valence-electron chi connectivity index (χ3n) is 8.62. The summed E-state index contributed by atoms with van der Waals surface area (Å²) >= 11 is 0. The second-order valence-corrected chi connectivity index (χ2v) is 11.9. The van der Waals surface area contributed by atoms with Gasteiger partial charge in [0.2, 0.25) is 5.88 Å². The first kappa shape index (κ1) is 30.9. The highest BCUT2D eigenvalue weighted by Crippen LogP contribution is 2.50. The Morgan fingerprint density at radius 2 is 1.87 bits per heavy atom. The first-order chi connectivity index (χ1) is 22.3. The number of carbonyl (C=O) groups excluding carboxylic acids is 1. The molecule has 1 saturated heterocycles. The maximum absolute atomic E-state index is 15.2. The molecule has 0 amide bonds. The maximum atomic E-state index is 15.2. The molecule has 0 radical (unpaired) electrons. The van der Waals surface area contributed by atoms with Gasteiger partial charge < -0.3 is 18.8 Å². The lowest BCUT2D eigenvalue weighted by atomic mass is 10.0. The summed E-state index contributed by atoms with van der Waals surface area (Å²) in [5.41, 5.74) is 1.46. The molecule has 12 heteroatoms. The molecule has 2 aromatic carbocycles. The summed E-state index contributed by atoms with van der Waals surface area (Å²) in [5, 5.41) is 18.3. The highest BCUT2D eigenvalue weighted by molar-refractivity contribution is 5.94. The van der Waals surface area contributed by atoms with Crippen LogP contribution in [-0.2, 0) is 24.4 Å². The summed E-state index contributed by atoms with van der Waals surface area (Å²) in [6.07, 6.45) is 3.63. The van der Waals surface area contributed by atoms with E-state index in [1.54, 1.807) is 24.3 Å². The number of hydrogen-bond donors (Lipinski definition) is 0. The molecule has 4 aromatic rings. The number of methoxy groups -OCH3 is 1. The van der Waals surface area contributed by atoms with Crippen molar-refractivity contribution in [2.75, 3.05) is 20.2 Å². The van der Waals surface area contributed by atoms with Crippen molar-refractivity contribution in [3.8, 4) is 23.8 Å². The van der Waals surface area contributed by atoms with E-state index in [4.69, 9.17) is 19.5 Å². The number of nitrogens with zero attached hydrogens (tertiary/aromatic N) is 6. The average molecular weight is 627 g/mol. The molecule has 0 unspecified atom stereocenters. The SMILES string of the molecule is COC(=O)c1cc(F)c2nc(CN3CCC(Oc4cccc(COc5ccc(C#N)cc5F)n4)CC3)n(CC3(CC#N)CC3)c2c1. The van der Waals surface area contributed by atoms with Crippen LogP contribution in [0.1, 0.15) is 59.5 Å². The van der Waals surface area contributed by atoms with Crippen LogP contribution < -0.4 is 9.47 Å². The Morgan fingerprint density at radius 1 is 1.07 bits per heavy atom. The van der Waals surface area contributed by atoms with Gasteiger partial charge in [0.25, 0.3) is 0 Å². The van der Waals surface area contributed by atoms with Crippen LogP contribution in [0, 0.1) is 39.7 Å². The number of halogens is 2. The number of piperidine rings is 1. The zero-order valence-corrected chi connectivity index (χ0v) is 25.3. The predicted octanol–water partition coefficient (Wildman–Crippen LogP) is 5.68. The molecule has 46 heavy (non-hydrogen) atoms. The van der Waals surface area contributed by atoms with Crippen LogP contribution in [0.4, 0.5) is 8.78 Å². The number of hydrogen-bond acceptors (Lipinski definition) is 9. The molecule has 2 aromatic heterocycles. The van der Waals surface area contributed by atoms with Crippen LogP contribution in [0.2, 0.25) is 0 Å². The number of benzene rings is 2. The van der Waals surface area contributed by atoms with Crippen LogP contribution in [0.3, 0.4) is 0 Å². The van der Waals surface area contributed by atoms with Crippen LogP contribution in [0.25, 0.3) is 11.0 Å². The van der Waals surface area contributed by atoms with Crippen molar-refractivity contribution in [1.82, 2.24) is 19.4 Å². The van der Waals surface area contributed by atoms with E-state index in [1.807, 2.05) is 10.6 Å². The largest absolute Gasteiger partial charge is 0.484 e. The lowest BCUT2D eigenvalue weighted by Gasteiger charge is -2.32. The third kappa shape index (κ3) is 6.77. The first-order valence-electron chi connectivity index (χ1n) is 15.1. The fourth-order valence-corrected chi connectivity index (χ4v) is 5.83. The minimum absolute atomic E-state index is 0.0385. The van der Waals surface area contributed by atoms with E-state index in [9.17, 15) is 14.4 Å². The Kier molecular flexibility index (Phi) is 8.82. The monoisotopic (exact) mass is 626 g/mol. The normalized spacial score (nSPS) is 16.0. The van der Waals surface area contributed by atoms with Gasteiger partial charge in [-0.15, -0.1) is 0 Å². The van der Waals surface area contributed by atoms with Gasteiger partial charge in [0.15, 0.2) is 17.4 Å². The van der Waals surface area contributed by atoms with E-state index in [0.29, 0.717) is 55.5 Å². The Bertz CT molecular complexity index is 1850. The fourth-order valence-electron chi connectivity index (χ4n) is 5.83. The zero-order valence-electron chi connectivity index (χ0n) is 25.3. The summed E-state index contributed by atoms with van der Waals surface area (Å²) in [6, 6.07) is 16.3. The van der Waals surface area contributed by atoms with E-state index in [0.717, 1.165) is 37.8 Å². The minimum Gasteiger partial charge on any atom is -0.484 e. The van der Waals surface area contributed by atoms with E-state index in [2.05, 4.69) is 20.9 Å². The molecule has 2 aliphatic rings. The quantitative estimate of drug-likeness (QED) is 0.193. The lowest BCUT2D eigenvalue weighted by molar-refractivity contribution is 0.0600. The van der Waals surface area contributed by atoms with Crippen molar-refractivity contribution in [2.24, 2.45) is 5.41 Å². The van der Waals surface area contributed by atoms with E-state index >= 15 is 4.39 Å². The second-order valence-electron chi connectivity index (χ2n) is 11.9. The highest BCUT2D eigenvalue weighted by Gasteiger charge is 2.43. The van der Waals surface area contributed by atoms with Crippen LogP contribution in [0.15, 0.2) is 48.5 Å². The molecular formula is C34H32F2N6O4. The smallest absolute Gasteiger partial charge is 0.338 e. The molecular weight excluding hydrogens is 594 g/mol. The summed E-state index contributed by atoms with van der Waals surface area (Å²) < 4.78 is 47.9. The molecule has 1 aliphatic heterocycles. The van der Waals surface area contributed by atoms with Crippen molar-refractivity contribution in [3.63, 3.8) is 0 Å². The van der Waals surface area contributed by atoms with Gasteiger partial charge in [-0.1, -0.05) is 6.07 Å². The summed E-state index contributed by atoms with van der Waals surface area (Å²) in [4.78, 5) is 23.7. The number of ether oxygens (including phenoxy) is 3. The van der Waals surface area contributed by atoms with Crippen LogP contribution in [-0.4, -0.2) is 51.7 Å². The number of rotatable bonds is 11. The first-order valence-corrected chi connectivity index (χ1v) is 15.1. The molecule has 0 N–H and O–H groups in total. The number of nitriles is 2. The molecule has 236 valence electrons. The van der Waals surface area contributed by atoms with Crippen molar-refractivity contribution < 1.29 is 27.8 Å². The third-order valence-corrected chi connectivity index (χ3v) is 8.62. The molecule has 1 saturated carbocycles. The van der Waals surface area contributed by atoms with Gasteiger partial charge >= 0.3 is 5.97 Å². The number of aromatic nitrogens is 3. The standard InChI is InChI=1S/C34H32F2N6O4/c1-44-33(43)23-16-27(36)32-28(17-23)42(21-34(9-10-34)11-12-37)30(40-32)19-41-13-7-25(8-14-41)46-31-4-2-3-24(39-31)20-45-29-6-5-22(18-38)15-26(29)35/h2-6,15-17,25H,7-11,13-14,19-21H2,1H3. The molecule has 1 aliphatic carbocycles.